The van der Waals surface area contributed by atoms with E-state index in [4.69, 9.17) is 22.1 Å². The molecule has 3 aromatic rings. The summed E-state index contributed by atoms with van der Waals surface area (Å²) in [4.78, 5) is 45.6. The van der Waals surface area contributed by atoms with Crippen LogP contribution in [0.2, 0.25) is 5.02 Å². The zero-order chi connectivity index (χ0) is 26.5. The summed E-state index contributed by atoms with van der Waals surface area (Å²) in [6.45, 7) is 1.27. The van der Waals surface area contributed by atoms with Crippen molar-refractivity contribution in [3.8, 4) is 12.1 Å². The van der Waals surface area contributed by atoms with Crippen molar-refractivity contribution in [2.24, 2.45) is 0 Å². The maximum atomic E-state index is 13.2. The summed E-state index contributed by atoms with van der Waals surface area (Å²) in [5.74, 6) is -0.228. The van der Waals surface area contributed by atoms with Gasteiger partial charge in [-0.3, -0.25) is 19.0 Å². The van der Waals surface area contributed by atoms with E-state index in [1.54, 1.807) is 30.1 Å². The summed E-state index contributed by atoms with van der Waals surface area (Å²) in [6.07, 6.45) is 2.77. The third-order valence-corrected chi connectivity index (χ3v) is 7.02. The predicted octanol–water partition coefficient (Wildman–Crippen LogP) is 3.20. The normalized spacial score (nSPS) is 13.7. The number of hydrogen-bond acceptors (Lipinski definition) is 6. The van der Waals surface area contributed by atoms with Crippen molar-refractivity contribution < 1.29 is 9.59 Å². The Morgan fingerprint density at radius 2 is 1.92 bits per heavy atom. The third kappa shape index (κ3) is 5.79. The average Bonchev–Trinajstić information content (AvgIpc) is 2.90. The van der Waals surface area contributed by atoms with Gasteiger partial charge < -0.3 is 9.80 Å². The molecule has 2 amide bonds. The lowest BCUT2D eigenvalue weighted by atomic mass is 9.88. The Balaban J connectivity index is 1.47. The summed E-state index contributed by atoms with van der Waals surface area (Å²) in [5.41, 5.74) is 2.40. The van der Waals surface area contributed by atoms with E-state index in [2.05, 4.69) is 4.98 Å². The molecular weight excluding hydrogens is 492 g/mol. The van der Waals surface area contributed by atoms with Gasteiger partial charge in [0.1, 0.15) is 19.0 Å². The third-order valence-electron chi connectivity index (χ3n) is 6.70. The fourth-order valence-corrected chi connectivity index (χ4v) is 4.81. The van der Waals surface area contributed by atoms with Crippen LogP contribution < -0.4 is 5.56 Å². The average molecular weight is 517 g/mol. The molecule has 1 fully saturated rings. The number of aromatic nitrogens is 2. The number of halogens is 1. The molecule has 0 unspecified atom stereocenters. The van der Waals surface area contributed by atoms with Gasteiger partial charge in [0.05, 0.1) is 33.9 Å². The molecule has 0 saturated carbocycles. The second-order valence-corrected chi connectivity index (χ2v) is 9.53. The molecule has 188 valence electrons. The minimum absolute atomic E-state index is 0.110. The van der Waals surface area contributed by atoms with E-state index in [1.165, 1.54) is 15.8 Å². The first kappa shape index (κ1) is 25.9. The molecule has 9 nitrogen and oxygen atoms in total. The van der Waals surface area contributed by atoms with Crippen LogP contribution in [0.1, 0.15) is 41.9 Å². The lowest BCUT2D eigenvalue weighted by Gasteiger charge is -2.32. The van der Waals surface area contributed by atoms with Crippen LogP contribution in [0.4, 0.5) is 0 Å². The van der Waals surface area contributed by atoms with E-state index in [1.807, 2.05) is 30.3 Å². The Bertz CT molecular complexity index is 1490. The molecule has 1 aromatic heterocycles. The van der Waals surface area contributed by atoms with Crippen molar-refractivity contribution in [3.63, 3.8) is 0 Å². The predicted molar refractivity (Wildman–Crippen MR) is 137 cm³/mol. The fourth-order valence-electron chi connectivity index (χ4n) is 4.56. The zero-order valence-electron chi connectivity index (χ0n) is 20.4. The molecule has 0 bridgehead atoms. The first-order valence-electron chi connectivity index (χ1n) is 11.9. The van der Waals surface area contributed by atoms with Gasteiger partial charge in [0, 0.05) is 26.7 Å². The highest BCUT2D eigenvalue weighted by Crippen LogP contribution is 2.29. The highest BCUT2D eigenvalue weighted by atomic mass is 35.5. The van der Waals surface area contributed by atoms with E-state index >= 15 is 0 Å². The van der Waals surface area contributed by atoms with E-state index in [9.17, 15) is 14.4 Å². The highest BCUT2D eigenvalue weighted by molar-refractivity contribution is 6.31. The number of likely N-dealkylation sites (tertiary alicyclic amines) is 1. The van der Waals surface area contributed by atoms with Gasteiger partial charge in [-0.15, -0.1) is 0 Å². The van der Waals surface area contributed by atoms with Gasteiger partial charge in [0.15, 0.2) is 0 Å². The number of likely N-dealkylation sites (N-methyl/N-ethyl adjacent to an activating group) is 1. The standard InChI is InChI=1S/C27H25ClN6O3/c1-32(15-18-2-3-21(14-30)23(28)12-18)26(36)16-34-17-31-24-5-4-20(13-22(24)27(34)37)19-7-10-33(11-8-19)25(35)6-9-29/h2-5,12-13,17,19H,6-8,10-11,15-16H2,1H3. The van der Waals surface area contributed by atoms with Crippen LogP contribution >= 0.6 is 11.6 Å². The van der Waals surface area contributed by atoms with Crippen LogP contribution in [-0.4, -0.2) is 51.3 Å². The Morgan fingerprint density at radius 1 is 1.16 bits per heavy atom. The first-order chi connectivity index (χ1) is 17.8. The molecule has 0 N–H and O–H groups in total. The Labute approximate surface area is 219 Å². The van der Waals surface area contributed by atoms with Crippen molar-refractivity contribution >= 4 is 34.3 Å². The molecule has 0 radical (unpaired) electrons. The Kier molecular flexibility index (Phi) is 7.86. The lowest BCUT2D eigenvalue weighted by Crippen LogP contribution is -2.37. The molecule has 2 aromatic carbocycles. The quantitative estimate of drug-likeness (QED) is 0.495. The second-order valence-electron chi connectivity index (χ2n) is 9.12. The van der Waals surface area contributed by atoms with Crippen LogP contribution in [0, 0.1) is 22.7 Å². The Hall–Kier alpha value is -4.21. The van der Waals surface area contributed by atoms with Crippen LogP contribution in [0.3, 0.4) is 0 Å². The maximum Gasteiger partial charge on any atom is 0.261 e. The number of rotatable bonds is 6. The van der Waals surface area contributed by atoms with Crippen LogP contribution in [0.5, 0.6) is 0 Å². The van der Waals surface area contributed by atoms with Gasteiger partial charge in [-0.2, -0.15) is 10.5 Å². The smallest absolute Gasteiger partial charge is 0.261 e. The molecule has 4 rings (SSSR count). The molecule has 10 heteroatoms. The summed E-state index contributed by atoms with van der Waals surface area (Å²) in [6, 6.07) is 14.5. The SMILES string of the molecule is CN(Cc1ccc(C#N)c(Cl)c1)C(=O)Cn1cnc2ccc(C3CCN(C(=O)CC#N)CC3)cc2c1=O. The van der Waals surface area contributed by atoms with Gasteiger partial charge in [-0.25, -0.2) is 4.98 Å². The van der Waals surface area contributed by atoms with Crippen molar-refractivity contribution in [1.82, 2.24) is 19.4 Å². The number of fused-ring (bicyclic) bond motifs is 1. The van der Waals surface area contributed by atoms with Gasteiger partial charge in [0.25, 0.3) is 5.56 Å². The van der Waals surface area contributed by atoms with E-state index in [0.717, 1.165) is 24.0 Å². The molecule has 1 aliphatic heterocycles. The minimum atomic E-state index is -0.295. The van der Waals surface area contributed by atoms with Gasteiger partial charge >= 0.3 is 0 Å². The second kappa shape index (κ2) is 11.2. The number of benzene rings is 2. The van der Waals surface area contributed by atoms with Crippen LogP contribution in [0.25, 0.3) is 10.9 Å². The van der Waals surface area contributed by atoms with Crippen LogP contribution in [-0.2, 0) is 22.7 Å². The maximum absolute atomic E-state index is 13.2. The summed E-state index contributed by atoms with van der Waals surface area (Å²) in [5, 5.41) is 18.5. The van der Waals surface area contributed by atoms with Crippen molar-refractivity contribution in [2.45, 2.75) is 38.3 Å². The van der Waals surface area contributed by atoms with E-state index in [0.29, 0.717) is 34.6 Å². The highest BCUT2D eigenvalue weighted by Gasteiger charge is 2.24. The molecule has 37 heavy (non-hydrogen) atoms. The monoisotopic (exact) mass is 516 g/mol. The van der Waals surface area contributed by atoms with E-state index < -0.39 is 0 Å². The van der Waals surface area contributed by atoms with E-state index in [-0.39, 0.29) is 42.8 Å². The van der Waals surface area contributed by atoms with Gasteiger partial charge in [-0.1, -0.05) is 23.7 Å². The van der Waals surface area contributed by atoms with Gasteiger partial charge in [0.2, 0.25) is 11.8 Å². The molecule has 0 aliphatic carbocycles. The molecule has 2 heterocycles. The molecular formula is C27H25ClN6O3. The molecule has 1 aliphatic rings. The fraction of sp³-hybridized carbons (Fsp3) is 0.333. The molecule has 1 saturated heterocycles. The number of nitriles is 2. The largest absolute Gasteiger partial charge is 0.342 e. The topological polar surface area (TPSA) is 123 Å². The Morgan fingerprint density at radius 3 is 2.59 bits per heavy atom. The molecule has 0 spiro atoms. The van der Waals surface area contributed by atoms with Gasteiger partial charge in [-0.05, 0) is 54.2 Å². The number of hydrogen-bond donors (Lipinski definition) is 0. The number of nitrogens with zero attached hydrogens (tertiary/aromatic N) is 6. The number of carbonyl (C=O) groups is 2. The number of carbonyl (C=O) groups excluding carboxylic acids is 2. The summed E-state index contributed by atoms with van der Waals surface area (Å²) in [7, 11) is 1.64. The lowest BCUT2D eigenvalue weighted by molar-refractivity contribution is -0.131. The molecule has 0 atom stereocenters. The first-order valence-corrected chi connectivity index (χ1v) is 12.2. The summed E-state index contributed by atoms with van der Waals surface area (Å²) >= 11 is 6.09. The van der Waals surface area contributed by atoms with Crippen molar-refractivity contribution in [1.29, 1.82) is 10.5 Å². The minimum Gasteiger partial charge on any atom is -0.342 e. The van der Waals surface area contributed by atoms with Crippen LogP contribution in [0.15, 0.2) is 47.5 Å². The number of amides is 2. The van der Waals surface area contributed by atoms with Crippen molar-refractivity contribution in [2.75, 3.05) is 20.1 Å². The van der Waals surface area contributed by atoms with Crippen molar-refractivity contribution in [3.05, 3.63) is 74.8 Å². The number of piperidine rings is 1. The zero-order valence-corrected chi connectivity index (χ0v) is 21.1. The summed E-state index contributed by atoms with van der Waals surface area (Å²) < 4.78 is 1.31.